The van der Waals surface area contributed by atoms with Crippen LogP contribution in [0, 0.1) is 11.6 Å². The standard InChI is InChI=1S/C9H10F2O2/c1-13-5-6-2-3-8(10)7(4-12)9(6)11/h2-3,12H,4-5H2,1H3. The average molecular weight is 188 g/mol. The van der Waals surface area contributed by atoms with Crippen molar-refractivity contribution in [1.29, 1.82) is 0 Å². The molecular formula is C9H10F2O2. The smallest absolute Gasteiger partial charge is 0.137 e. The quantitative estimate of drug-likeness (QED) is 0.780. The van der Waals surface area contributed by atoms with Crippen molar-refractivity contribution in [1.82, 2.24) is 0 Å². The SMILES string of the molecule is COCc1ccc(F)c(CO)c1F. The third-order valence-electron chi connectivity index (χ3n) is 1.72. The molecule has 1 rings (SSSR count). The van der Waals surface area contributed by atoms with E-state index in [0.717, 1.165) is 6.07 Å². The highest BCUT2D eigenvalue weighted by Gasteiger charge is 2.11. The highest BCUT2D eigenvalue weighted by molar-refractivity contribution is 5.26. The second-order valence-electron chi connectivity index (χ2n) is 2.59. The van der Waals surface area contributed by atoms with Gasteiger partial charge in [-0.15, -0.1) is 0 Å². The molecule has 1 N–H and O–H groups in total. The van der Waals surface area contributed by atoms with Crippen LogP contribution in [0.1, 0.15) is 11.1 Å². The van der Waals surface area contributed by atoms with Crippen LogP contribution in [0.5, 0.6) is 0 Å². The molecule has 0 atom stereocenters. The van der Waals surface area contributed by atoms with E-state index in [9.17, 15) is 8.78 Å². The summed E-state index contributed by atoms with van der Waals surface area (Å²) in [5, 5.41) is 8.67. The van der Waals surface area contributed by atoms with Gasteiger partial charge in [0.2, 0.25) is 0 Å². The molecule has 0 spiro atoms. The van der Waals surface area contributed by atoms with Gasteiger partial charge in [-0.2, -0.15) is 0 Å². The Morgan fingerprint density at radius 2 is 2.08 bits per heavy atom. The predicted octanol–water partition coefficient (Wildman–Crippen LogP) is 1.60. The first kappa shape index (κ1) is 10.1. The molecule has 2 nitrogen and oxygen atoms in total. The number of rotatable bonds is 3. The van der Waals surface area contributed by atoms with E-state index in [2.05, 4.69) is 0 Å². The third-order valence-corrected chi connectivity index (χ3v) is 1.72. The Morgan fingerprint density at radius 1 is 1.38 bits per heavy atom. The molecule has 0 fully saturated rings. The molecule has 4 heteroatoms. The zero-order valence-electron chi connectivity index (χ0n) is 7.18. The lowest BCUT2D eigenvalue weighted by atomic mass is 10.1. The Bertz CT molecular complexity index is 300. The van der Waals surface area contributed by atoms with Gasteiger partial charge < -0.3 is 9.84 Å². The van der Waals surface area contributed by atoms with E-state index in [0.29, 0.717) is 0 Å². The number of benzene rings is 1. The lowest BCUT2D eigenvalue weighted by Gasteiger charge is -2.06. The average Bonchev–Trinajstić information content (AvgIpc) is 2.11. The summed E-state index contributed by atoms with van der Waals surface area (Å²) in [4.78, 5) is 0. The van der Waals surface area contributed by atoms with Crippen LogP contribution in [0.4, 0.5) is 8.78 Å². The molecule has 0 bridgehead atoms. The van der Waals surface area contributed by atoms with Gasteiger partial charge in [0.15, 0.2) is 0 Å². The maximum Gasteiger partial charge on any atom is 0.137 e. The van der Waals surface area contributed by atoms with E-state index in [1.54, 1.807) is 0 Å². The first-order valence-electron chi connectivity index (χ1n) is 3.76. The normalized spacial score (nSPS) is 10.5. The Labute approximate surface area is 74.8 Å². The van der Waals surface area contributed by atoms with Gasteiger partial charge in [-0.25, -0.2) is 8.78 Å². The van der Waals surface area contributed by atoms with Gasteiger partial charge in [0, 0.05) is 18.2 Å². The summed E-state index contributed by atoms with van der Waals surface area (Å²) in [6.45, 7) is -0.575. The van der Waals surface area contributed by atoms with E-state index in [1.807, 2.05) is 0 Å². The van der Waals surface area contributed by atoms with Crippen LogP contribution in [0.2, 0.25) is 0 Å². The monoisotopic (exact) mass is 188 g/mol. The summed E-state index contributed by atoms with van der Waals surface area (Å²) in [7, 11) is 1.42. The predicted molar refractivity (Wildman–Crippen MR) is 43.0 cm³/mol. The van der Waals surface area contributed by atoms with E-state index in [1.165, 1.54) is 13.2 Å². The topological polar surface area (TPSA) is 29.5 Å². The molecule has 0 saturated carbocycles. The summed E-state index contributed by atoms with van der Waals surface area (Å²) in [5.74, 6) is -1.47. The van der Waals surface area contributed by atoms with Crippen LogP contribution in [-0.2, 0) is 18.0 Å². The van der Waals surface area contributed by atoms with Gasteiger partial charge in [-0.1, -0.05) is 6.07 Å². The lowest BCUT2D eigenvalue weighted by molar-refractivity contribution is 0.180. The van der Waals surface area contributed by atoms with Crippen molar-refractivity contribution in [3.05, 3.63) is 34.9 Å². The molecular weight excluding hydrogens is 178 g/mol. The summed E-state index contributed by atoms with van der Waals surface area (Å²) < 4.78 is 30.8. The molecule has 0 aromatic heterocycles. The summed E-state index contributed by atoms with van der Waals surface area (Å²) in [6, 6.07) is 2.41. The Hall–Kier alpha value is -1.00. The molecule has 0 saturated heterocycles. The van der Waals surface area contributed by atoms with Gasteiger partial charge in [0.05, 0.1) is 13.2 Å². The van der Waals surface area contributed by atoms with Crippen molar-refractivity contribution in [2.45, 2.75) is 13.2 Å². The molecule has 0 heterocycles. The highest BCUT2D eigenvalue weighted by atomic mass is 19.1. The molecule has 0 aliphatic heterocycles. The van der Waals surface area contributed by atoms with E-state index in [-0.39, 0.29) is 17.7 Å². The molecule has 0 unspecified atom stereocenters. The van der Waals surface area contributed by atoms with Crippen molar-refractivity contribution in [3.8, 4) is 0 Å². The second kappa shape index (κ2) is 4.30. The first-order chi connectivity index (χ1) is 6.20. The van der Waals surface area contributed by atoms with Crippen LogP contribution >= 0.6 is 0 Å². The fraction of sp³-hybridized carbons (Fsp3) is 0.333. The Balaban J connectivity index is 3.11. The second-order valence-corrected chi connectivity index (χ2v) is 2.59. The maximum absolute atomic E-state index is 13.2. The highest BCUT2D eigenvalue weighted by Crippen LogP contribution is 2.17. The maximum atomic E-state index is 13.2. The molecule has 0 aliphatic rings. The Morgan fingerprint density at radius 3 is 2.62 bits per heavy atom. The molecule has 13 heavy (non-hydrogen) atoms. The molecule has 0 aliphatic carbocycles. The lowest BCUT2D eigenvalue weighted by Crippen LogP contribution is -2.01. The molecule has 0 amide bonds. The van der Waals surface area contributed by atoms with Crippen LogP contribution in [-0.4, -0.2) is 12.2 Å². The van der Waals surface area contributed by atoms with Crippen molar-refractivity contribution >= 4 is 0 Å². The number of methoxy groups -OCH3 is 1. The van der Waals surface area contributed by atoms with Crippen LogP contribution in [0.25, 0.3) is 0 Å². The van der Waals surface area contributed by atoms with E-state index < -0.39 is 18.2 Å². The molecule has 1 aromatic rings. The van der Waals surface area contributed by atoms with Crippen molar-refractivity contribution in [3.63, 3.8) is 0 Å². The zero-order chi connectivity index (χ0) is 9.84. The van der Waals surface area contributed by atoms with Crippen LogP contribution in [0.3, 0.4) is 0 Å². The van der Waals surface area contributed by atoms with Crippen molar-refractivity contribution in [2.75, 3.05) is 7.11 Å². The fourth-order valence-corrected chi connectivity index (χ4v) is 1.06. The zero-order valence-corrected chi connectivity index (χ0v) is 7.18. The molecule has 72 valence electrons. The van der Waals surface area contributed by atoms with E-state index in [4.69, 9.17) is 9.84 Å². The van der Waals surface area contributed by atoms with Gasteiger partial charge in [0.25, 0.3) is 0 Å². The van der Waals surface area contributed by atoms with Gasteiger partial charge in [0.1, 0.15) is 11.6 Å². The van der Waals surface area contributed by atoms with Crippen molar-refractivity contribution in [2.24, 2.45) is 0 Å². The van der Waals surface area contributed by atoms with Gasteiger partial charge in [-0.05, 0) is 6.07 Å². The fourth-order valence-electron chi connectivity index (χ4n) is 1.06. The largest absolute Gasteiger partial charge is 0.391 e. The summed E-state index contributed by atoms with van der Waals surface area (Å²) in [5.41, 5.74) is -0.0671. The molecule has 1 aromatic carbocycles. The number of hydrogen-bond donors (Lipinski definition) is 1. The van der Waals surface area contributed by atoms with Crippen molar-refractivity contribution < 1.29 is 18.6 Å². The number of hydrogen-bond acceptors (Lipinski definition) is 2. The number of aliphatic hydroxyl groups is 1. The third kappa shape index (κ3) is 2.02. The van der Waals surface area contributed by atoms with Gasteiger partial charge >= 0.3 is 0 Å². The first-order valence-corrected chi connectivity index (χ1v) is 3.76. The summed E-state index contributed by atoms with van der Waals surface area (Å²) >= 11 is 0. The Kier molecular flexibility index (Phi) is 3.33. The number of halogens is 2. The molecule has 0 radical (unpaired) electrons. The van der Waals surface area contributed by atoms with Crippen LogP contribution in [0.15, 0.2) is 12.1 Å². The van der Waals surface area contributed by atoms with Crippen LogP contribution < -0.4 is 0 Å². The minimum absolute atomic E-state index is 0.0686. The minimum Gasteiger partial charge on any atom is -0.391 e. The van der Waals surface area contributed by atoms with Gasteiger partial charge in [-0.3, -0.25) is 0 Å². The number of ether oxygens (including phenoxy) is 1. The number of aliphatic hydroxyl groups excluding tert-OH is 1. The summed E-state index contributed by atoms with van der Waals surface area (Å²) in [6.07, 6.45) is 0. The van der Waals surface area contributed by atoms with E-state index >= 15 is 0 Å². The minimum atomic E-state index is -0.736.